The first-order valence-electron chi connectivity index (χ1n) is 7.55. The van der Waals surface area contributed by atoms with Crippen LogP contribution in [0.5, 0.6) is 0 Å². The van der Waals surface area contributed by atoms with Crippen LogP contribution in [0.2, 0.25) is 0 Å². The van der Waals surface area contributed by atoms with Crippen LogP contribution in [-0.4, -0.2) is 17.4 Å². The molecule has 0 N–H and O–H groups in total. The number of aromatic nitrogens is 1. The van der Waals surface area contributed by atoms with Gasteiger partial charge in [-0.2, -0.15) is 0 Å². The smallest absolute Gasteiger partial charge is 0.259 e. The van der Waals surface area contributed by atoms with Crippen LogP contribution in [0.15, 0.2) is 73.3 Å². The van der Waals surface area contributed by atoms with Gasteiger partial charge in [0.15, 0.2) is 0 Å². The molecule has 0 atom stereocenters. The van der Waals surface area contributed by atoms with E-state index in [4.69, 9.17) is 0 Å². The zero-order chi connectivity index (χ0) is 16.2. The minimum absolute atomic E-state index is 0.0437. The molecule has 1 heterocycles. The fraction of sp³-hybridized carbons (Fsp3) is 0.100. The highest BCUT2D eigenvalue weighted by Crippen LogP contribution is 2.23. The summed E-state index contributed by atoms with van der Waals surface area (Å²) in [6.07, 6.45) is 1.74. The number of pyridine rings is 1. The number of hydrogen-bond donors (Lipinski definition) is 0. The monoisotopic (exact) mass is 302 g/mol. The number of carbonyl (C=O) groups excluding carboxylic acids is 1. The van der Waals surface area contributed by atoms with Gasteiger partial charge in [0.05, 0.1) is 11.1 Å². The number of amides is 1. The second-order valence-corrected chi connectivity index (χ2v) is 5.37. The summed E-state index contributed by atoms with van der Waals surface area (Å²) >= 11 is 0. The van der Waals surface area contributed by atoms with Gasteiger partial charge < -0.3 is 4.90 Å². The molecule has 0 aliphatic rings. The standard InChI is InChI=1S/C20H18N2O/c1-3-13-22(16-9-5-4-6-10-16)20(23)18-14-15(2)21-19-12-8-7-11-17(18)19/h3-12,14H,1,13H2,2H3. The van der Waals surface area contributed by atoms with Crippen molar-refractivity contribution < 1.29 is 4.79 Å². The zero-order valence-corrected chi connectivity index (χ0v) is 13.1. The lowest BCUT2D eigenvalue weighted by Gasteiger charge is -2.22. The number of hydrogen-bond acceptors (Lipinski definition) is 2. The largest absolute Gasteiger partial charge is 0.305 e. The van der Waals surface area contributed by atoms with Crippen molar-refractivity contribution in [2.45, 2.75) is 6.92 Å². The van der Waals surface area contributed by atoms with Gasteiger partial charge in [-0.15, -0.1) is 6.58 Å². The van der Waals surface area contributed by atoms with E-state index in [0.29, 0.717) is 12.1 Å². The molecule has 0 saturated carbocycles. The topological polar surface area (TPSA) is 33.2 Å². The number of anilines is 1. The second kappa shape index (κ2) is 6.44. The van der Waals surface area contributed by atoms with E-state index in [9.17, 15) is 4.79 Å². The Hall–Kier alpha value is -2.94. The molecule has 3 nitrogen and oxygen atoms in total. The lowest BCUT2D eigenvalue weighted by atomic mass is 10.1. The molecule has 1 amide bonds. The minimum Gasteiger partial charge on any atom is -0.305 e. The lowest BCUT2D eigenvalue weighted by Crippen LogP contribution is -2.31. The van der Waals surface area contributed by atoms with Crippen molar-refractivity contribution in [3.05, 3.63) is 84.6 Å². The number of rotatable bonds is 4. The number of carbonyl (C=O) groups is 1. The normalized spacial score (nSPS) is 10.5. The molecule has 0 bridgehead atoms. The molecule has 2 aromatic carbocycles. The van der Waals surface area contributed by atoms with E-state index in [-0.39, 0.29) is 5.91 Å². The molecule has 3 aromatic rings. The van der Waals surface area contributed by atoms with Gasteiger partial charge in [0.1, 0.15) is 0 Å². The number of fused-ring (bicyclic) bond motifs is 1. The van der Waals surface area contributed by atoms with Crippen molar-refractivity contribution >= 4 is 22.5 Å². The number of para-hydroxylation sites is 2. The average Bonchev–Trinajstić information content (AvgIpc) is 2.59. The Morgan fingerprint density at radius 1 is 1.13 bits per heavy atom. The molecule has 0 fully saturated rings. The lowest BCUT2D eigenvalue weighted by molar-refractivity contribution is 0.0991. The zero-order valence-electron chi connectivity index (χ0n) is 13.1. The Labute approximate surface area is 135 Å². The third-order valence-corrected chi connectivity index (χ3v) is 3.70. The fourth-order valence-electron chi connectivity index (χ4n) is 2.67. The molecule has 3 heteroatoms. The summed E-state index contributed by atoms with van der Waals surface area (Å²) in [6, 6.07) is 19.2. The highest BCUT2D eigenvalue weighted by atomic mass is 16.2. The first-order valence-corrected chi connectivity index (χ1v) is 7.55. The molecular formula is C20H18N2O. The molecule has 0 spiro atoms. The van der Waals surface area contributed by atoms with Crippen molar-refractivity contribution in [2.24, 2.45) is 0 Å². The summed E-state index contributed by atoms with van der Waals surface area (Å²) in [7, 11) is 0. The Morgan fingerprint density at radius 3 is 2.57 bits per heavy atom. The van der Waals surface area contributed by atoms with Gasteiger partial charge in [-0.05, 0) is 31.2 Å². The van der Waals surface area contributed by atoms with Crippen LogP contribution >= 0.6 is 0 Å². The maximum absolute atomic E-state index is 13.2. The average molecular weight is 302 g/mol. The molecule has 0 aliphatic carbocycles. The Morgan fingerprint density at radius 2 is 1.83 bits per heavy atom. The van der Waals surface area contributed by atoms with Crippen molar-refractivity contribution in [2.75, 3.05) is 11.4 Å². The predicted octanol–water partition coefficient (Wildman–Crippen LogP) is 4.38. The summed E-state index contributed by atoms with van der Waals surface area (Å²) in [5, 5.41) is 0.869. The van der Waals surface area contributed by atoms with Gasteiger partial charge in [0.25, 0.3) is 5.91 Å². The Kier molecular flexibility index (Phi) is 4.20. The molecular weight excluding hydrogens is 284 g/mol. The van der Waals surface area contributed by atoms with Crippen LogP contribution in [0, 0.1) is 6.92 Å². The SMILES string of the molecule is C=CCN(C(=O)c1cc(C)nc2ccccc12)c1ccccc1. The van der Waals surface area contributed by atoms with Gasteiger partial charge >= 0.3 is 0 Å². The number of aryl methyl sites for hydroxylation is 1. The van der Waals surface area contributed by atoms with E-state index in [1.165, 1.54) is 0 Å². The van der Waals surface area contributed by atoms with Crippen LogP contribution in [-0.2, 0) is 0 Å². The van der Waals surface area contributed by atoms with Crippen molar-refractivity contribution in [1.82, 2.24) is 4.98 Å². The Balaban J connectivity index is 2.13. The summed E-state index contributed by atoms with van der Waals surface area (Å²) in [4.78, 5) is 19.4. The van der Waals surface area contributed by atoms with E-state index >= 15 is 0 Å². The third-order valence-electron chi connectivity index (χ3n) is 3.70. The summed E-state index contributed by atoms with van der Waals surface area (Å²) in [5.74, 6) is -0.0437. The van der Waals surface area contributed by atoms with Crippen LogP contribution in [0.4, 0.5) is 5.69 Å². The molecule has 0 unspecified atom stereocenters. The Bertz CT molecular complexity index is 856. The third kappa shape index (κ3) is 2.99. The van der Waals surface area contributed by atoms with Crippen molar-refractivity contribution in [3.63, 3.8) is 0 Å². The summed E-state index contributed by atoms with van der Waals surface area (Å²) in [6.45, 7) is 6.14. The van der Waals surface area contributed by atoms with Crippen LogP contribution in [0.3, 0.4) is 0 Å². The highest BCUT2D eigenvalue weighted by Gasteiger charge is 2.19. The van der Waals surface area contributed by atoms with Crippen molar-refractivity contribution in [3.8, 4) is 0 Å². The summed E-state index contributed by atoms with van der Waals surface area (Å²) < 4.78 is 0. The van der Waals surface area contributed by atoms with Gasteiger partial charge in [0, 0.05) is 23.3 Å². The van der Waals surface area contributed by atoms with Gasteiger partial charge in [-0.25, -0.2) is 0 Å². The maximum Gasteiger partial charge on any atom is 0.259 e. The molecule has 23 heavy (non-hydrogen) atoms. The van der Waals surface area contributed by atoms with Gasteiger partial charge in [-0.1, -0.05) is 42.5 Å². The van der Waals surface area contributed by atoms with Crippen molar-refractivity contribution in [1.29, 1.82) is 0 Å². The summed E-state index contributed by atoms with van der Waals surface area (Å²) in [5.41, 5.74) is 3.19. The first kappa shape index (κ1) is 15.0. The number of benzene rings is 2. The van der Waals surface area contributed by atoms with E-state index in [1.807, 2.05) is 67.6 Å². The van der Waals surface area contributed by atoms with Crippen LogP contribution in [0.25, 0.3) is 10.9 Å². The van der Waals surface area contributed by atoms with E-state index in [1.54, 1.807) is 11.0 Å². The molecule has 3 rings (SSSR count). The van der Waals surface area contributed by atoms with E-state index in [2.05, 4.69) is 11.6 Å². The maximum atomic E-state index is 13.2. The second-order valence-electron chi connectivity index (χ2n) is 5.37. The molecule has 0 radical (unpaired) electrons. The van der Waals surface area contributed by atoms with E-state index in [0.717, 1.165) is 22.3 Å². The highest BCUT2D eigenvalue weighted by molar-refractivity contribution is 6.13. The van der Waals surface area contributed by atoms with Gasteiger partial charge in [0.2, 0.25) is 0 Å². The molecule has 0 saturated heterocycles. The molecule has 0 aliphatic heterocycles. The minimum atomic E-state index is -0.0437. The van der Waals surface area contributed by atoms with Crippen LogP contribution < -0.4 is 4.90 Å². The predicted molar refractivity (Wildman–Crippen MR) is 94.8 cm³/mol. The first-order chi connectivity index (χ1) is 11.2. The van der Waals surface area contributed by atoms with Crippen LogP contribution in [0.1, 0.15) is 16.1 Å². The van der Waals surface area contributed by atoms with E-state index < -0.39 is 0 Å². The quantitative estimate of drug-likeness (QED) is 0.670. The fourth-order valence-corrected chi connectivity index (χ4v) is 2.67. The number of nitrogens with zero attached hydrogens (tertiary/aromatic N) is 2. The molecule has 114 valence electrons. The molecule has 1 aromatic heterocycles. The van der Waals surface area contributed by atoms with Gasteiger partial charge in [-0.3, -0.25) is 9.78 Å².